The van der Waals surface area contributed by atoms with Crippen molar-refractivity contribution < 1.29 is 14.7 Å². The summed E-state index contributed by atoms with van der Waals surface area (Å²) >= 11 is 6.94. The van der Waals surface area contributed by atoms with E-state index in [-0.39, 0.29) is 36.3 Å². The molecule has 53 heavy (non-hydrogen) atoms. The van der Waals surface area contributed by atoms with Crippen LogP contribution in [0.1, 0.15) is 93.1 Å². The van der Waals surface area contributed by atoms with E-state index < -0.39 is 5.54 Å². The maximum atomic E-state index is 13.2. The zero-order valence-corrected chi connectivity index (χ0v) is 34.0. The summed E-state index contributed by atoms with van der Waals surface area (Å²) in [6.45, 7) is 9.68. The molecule has 0 saturated carbocycles. The van der Waals surface area contributed by atoms with Gasteiger partial charge in [0.2, 0.25) is 0 Å². The summed E-state index contributed by atoms with van der Waals surface area (Å²) in [6, 6.07) is 36.7. The van der Waals surface area contributed by atoms with Crippen LogP contribution in [0, 0.1) is 0 Å². The van der Waals surface area contributed by atoms with Gasteiger partial charge in [-0.25, -0.2) is 9.59 Å². The van der Waals surface area contributed by atoms with Gasteiger partial charge in [0.25, 0.3) is 0 Å². The number of benzene rings is 4. The first-order valence-corrected chi connectivity index (χ1v) is 20.2. The molecule has 9 heteroatoms. The maximum Gasteiger partial charge on any atom is 0.318 e. The van der Waals surface area contributed by atoms with Crippen LogP contribution in [0.2, 0.25) is 0 Å². The molecule has 2 heterocycles. The number of hydrogen-bond donors (Lipinski definition) is 3. The summed E-state index contributed by atoms with van der Waals surface area (Å²) in [5.74, 6) is 0. The minimum atomic E-state index is -0.421. The Morgan fingerprint density at radius 3 is 1.55 bits per heavy atom. The molecule has 2 aliphatic rings. The Hall–Kier alpha value is -3.92. The van der Waals surface area contributed by atoms with E-state index in [4.69, 9.17) is 0 Å². The molecule has 2 aliphatic heterocycles. The second kappa shape index (κ2) is 18.9. The van der Waals surface area contributed by atoms with Gasteiger partial charge >= 0.3 is 12.1 Å². The minimum absolute atomic E-state index is 0.00233. The number of aliphatic hydroxyl groups excluding tert-OH is 1. The highest BCUT2D eigenvalue weighted by atomic mass is 79.9. The van der Waals surface area contributed by atoms with Crippen LogP contribution >= 0.6 is 31.9 Å². The van der Waals surface area contributed by atoms with Gasteiger partial charge in [-0.15, -0.1) is 6.58 Å². The number of amides is 4. The number of nitrogens with zero attached hydrogens (tertiary/aromatic N) is 2. The molecular formula is C44H52Br2N4O3. The lowest BCUT2D eigenvalue weighted by Crippen LogP contribution is -2.49. The first-order valence-electron chi connectivity index (χ1n) is 18.6. The fourth-order valence-corrected chi connectivity index (χ4v) is 8.27. The molecule has 0 aromatic heterocycles. The Morgan fingerprint density at radius 2 is 1.11 bits per heavy atom. The van der Waals surface area contributed by atoms with Crippen molar-refractivity contribution in [1.82, 2.24) is 20.4 Å². The summed E-state index contributed by atoms with van der Waals surface area (Å²) in [5, 5.41) is 16.0. The molecule has 2 fully saturated rings. The van der Waals surface area contributed by atoms with Crippen LogP contribution in [0.15, 0.2) is 131 Å². The molecule has 0 aliphatic carbocycles. The molecule has 4 atom stereocenters. The zero-order chi connectivity index (χ0) is 37.8. The SMILES string of the molecule is C=CC[C@]1(c2ccccc2)CCCN([C@@H](C)c2ccc(Br)cc2)C(=O)N1.C[C@@H](c1ccc(Br)cc1)N1CCC[C@](CCCO)(c2ccccc2)NC1=O. The van der Waals surface area contributed by atoms with Gasteiger partial charge in [0, 0.05) is 28.6 Å². The van der Waals surface area contributed by atoms with Gasteiger partial charge in [-0.1, -0.05) is 123 Å². The van der Waals surface area contributed by atoms with E-state index in [1.807, 2.05) is 76.5 Å². The highest BCUT2D eigenvalue weighted by Crippen LogP contribution is 2.37. The highest BCUT2D eigenvalue weighted by molar-refractivity contribution is 9.10. The molecule has 0 radical (unpaired) electrons. The van der Waals surface area contributed by atoms with E-state index >= 15 is 0 Å². The van der Waals surface area contributed by atoms with Crippen molar-refractivity contribution in [3.63, 3.8) is 0 Å². The van der Waals surface area contributed by atoms with E-state index in [1.54, 1.807) is 0 Å². The molecule has 0 unspecified atom stereocenters. The molecule has 6 rings (SSSR count). The van der Waals surface area contributed by atoms with Crippen molar-refractivity contribution in [3.8, 4) is 0 Å². The number of halogens is 2. The smallest absolute Gasteiger partial charge is 0.318 e. The average molecular weight is 845 g/mol. The van der Waals surface area contributed by atoms with E-state index in [0.29, 0.717) is 6.42 Å². The fraction of sp³-hybridized carbons (Fsp3) is 0.364. The normalized spacial score (nSPS) is 21.5. The molecular weight excluding hydrogens is 792 g/mol. The monoisotopic (exact) mass is 842 g/mol. The summed E-state index contributed by atoms with van der Waals surface area (Å²) in [6.07, 6.45) is 7.66. The molecule has 280 valence electrons. The molecule has 4 aromatic carbocycles. The topological polar surface area (TPSA) is 84.9 Å². The lowest BCUT2D eigenvalue weighted by atomic mass is 9.82. The Morgan fingerprint density at radius 1 is 0.698 bits per heavy atom. The third kappa shape index (κ3) is 9.99. The van der Waals surface area contributed by atoms with Crippen molar-refractivity contribution in [2.45, 2.75) is 82.0 Å². The molecule has 4 amide bonds. The first-order chi connectivity index (χ1) is 25.6. The Kier molecular flexibility index (Phi) is 14.4. The third-order valence-electron chi connectivity index (χ3n) is 10.8. The zero-order valence-electron chi connectivity index (χ0n) is 30.8. The first kappa shape index (κ1) is 40.3. The fourth-order valence-electron chi connectivity index (χ4n) is 7.74. The summed E-state index contributed by atoms with van der Waals surface area (Å²) in [5.41, 5.74) is 3.72. The third-order valence-corrected chi connectivity index (χ3v) is 11.8. The molecule has 4 aromatic rings. The van der Waals surface area contributed by atoms with E-state index in [2.05, 4.69) is 111 Å². The summed E-state index contributed by atoms with van der Waals surface area (Å²) in [4.78, 5) is 30.2. The van der Waals surface area contributed by atoms with Gasteiger partial charge in [0.1, 0.15) is 0 Å². The lowest BCUT2D eigenvalue weighted by molar-refractivity contribution is 0.173. The second-order valence-corrected chi connectivity index (χ2v) is 16.0. The number of carbonyl (C=O) groups is 2. The van der Waals surface area contributed by atoms with Crippen LogP contribution in [0.3, 0.4) is 0 Å². The van der Waals surface area contributed by atoms with Crippen LogP contribution in [-0.4, -0.2) is 46.7 Å². The van der Waals surface area contributed by atoms with Crippen LogP contribution in [0.5, 0.6) is 0 Å². The predicted molar refractivity (Wildman–Crippen MR) is 221 cm³/mol. The molecule has 7 nitrogen and oxygen atoms in total. The van der Waals surface area contributed by atoms with Crippen LogP contribution in [-0.2, 0) is 11.1 Å². The van der Waals surface area contributed by atoms with Crippen molar-refractivity contribution >= 4 is 43.9 Å². The Balaban J connectivity index is 0.000000204. The van der Waals surface area contributed by atoms with Crippen LogP contribution in [0.4, 0.5) is 9.59 Å². The van der Waals surface area contributed by atoms with Crippen LogP contribution in [0.25, 0.3) is 0 Å². The maximum absolute atomic E-state index is 13.2. The second-order valence-electron chi connectivity index (χ2n) is 14.1. The molecule has 0 spiro atoms. The Labute approximate surface area is 332 Å². The number of aliphatic hydroxyl groups is 1. The van der Waals surface area contributed by atoms with Gasteiger partial charge < -0.3 is 25.5 Å². The summed E-state index contributed by atoms with van der Waals surface area (Å²) in [7, 11) is 0. The van der Waals surface area contributed by atoms with Crippen molar-refractivity contribution in [2.75, 3.05) is 19.7 Å². The summed E-state index contributed by atoms with van der Waals surface area (Å²) < 4.78 is 2.08. The van der Waals surface area contributed by atoms with Gasteiger partial charge in [-0.3, -0.25) is 0 Å². The number of nitrogens with one attached hydrogen (secondary N) is 2. The molecule has 3 N–H and O–H groups in total. The quantitative estimate of drug-likeness (QED) is 0.132. The van der Waals surface area contributed by atoms with Crippen molar-refractivity contribution in [3.05, 3.63) is 153 Å². The van der Waals surface area contributed by atoms with E-state index in [1.165, 1.54) is 0 Å². The largest absolute Gasteiger partial charge is 0.396 e. The van der Waals surface area contributed by atoms with Gasteiger partial charge in [0.15, 0.2) is 0 Å². The van der Waals surface area contributed by atoms with Gasteiger partial charge in [-0.2, -0.15) is 0 Å². The predicted octanol–water partition coefficient (Wildman–Crippen LogP) is 10.8. The Bertz CT molecular complexity index is 1770. The number of urea groups is 2. The lowest BCUT2D eigenvalue weighted by Gasteiger charge is -2.35. The van der Waals surface area contributed by atoms with E-state index in [0.717, 1.165) is 82.8 Å². The van der Waals surface area contributed by atoms with Crippen molar-refractivity contribution in [2.24, 2.45) is 0 Å². The van der Waals surface area contributed by atoms with Gasteiger partial charge in [-0.05, 0) is 105 Å². The highest BCUT2D eigenvalue weighted by Gasteiger charge is 2.39. The molecule has 2 saturated heterocycles. The van der Waals surface area contributed by atoms with E-state index in [9.17, 15) is 14.7 Å². The number of hydrogen-bond acceptors (Lipinski definition) is 3. The minimum Gasteiger partial charge on any atom is -0.396 e. The average Bonchev–Trinajstić information content (AvgIpc) is 3.46. The van der Waals surface area contributed by atoms with Crippen LogP contribution < -0.4 is 10.6 Å². The van der Waals surface area contributed by atoms with Gasteiger partial charge in [0.05, 0.1) is 23.2 Å². The molecule has 0 bridgehead atoms. The standard InChI is InChI=1S/C22H27BrN2O2.C22H25BrN2O/c1-17(18-9-11-20(23)12-10-18)25-15-5-13-22(14-6-16-26,24-21(25)27)19-7-3-2-4-8-19;1-3-14-22(19-8-5-4-6-9-19)15-7-16-25(21(26)24-22)17(2)18-10-12-20(23)13-11-18/h2-4,7-12,17,26H,5-6,13-16H2,1H3,(H,24,27);3-6,8-13,17H,1,7,14-16H2,2H3,(H,24,26)/t17-,22-;17-,22+/m00/s1. The number of rotatable bonds is 11. The van der Waals surface area contributed by atoms with Crippen molar-refractivity contribution in [1.29, 1.82) is 0 Å². The number of carbonyl (C=O) groups excluding carboxylic acids is 2.